The van der Waals surface area contributed by atoms with Gasteiger partial charge in [-0.2, -0.15) is 0 Å². The molecule has 1 aliphatic rings. The molecule has 0 radical (unpaired) electrons. The van der Waals surface area contributed by atoms with E-state index in [9.17, 15) is 9.59 Å². The van der Waals surface area contributed by atoms with Gasteiger partial charge in [0.25, 0.3) is 5.91 Å². The van der Waals surface area contributed by atoms with Crippen LogP contribution >= 0.6 is 0 Å². The van der Waals surface area contributed by atoms with E-state index in [0.29, 0.717) is 13.1 Å². The Morgan fingerprint density at radius 1 is 1.09 bits per heavy atom. The summed E-state index contributed by atoms with van der Waals surface area (Å²) in [7, 11) is 0. The number of amides is 3. The normalized spacial score (nSPS) is 15.7. The van der Waals surface area contributed by atoms with E-state index >= 15 is 0 Å². The Labute approximate surface area is 134 Å². The van der Waals surface area contributed by atoms with Gasteiger partial charge in [-0.25, -0.2) is 4.79 Å². The molecule has 0 bridgehead atoms. The Balaban J connectivity index is 1.38. The van der Waals surface area contributed by atoms with Gasteiger partial charge in [-0.15, -0.1) is 0 Å². The fraction of sp³-hybridized carbons (Fsp3) is 0.294. The Morgan fingerprint density at radius 3 is 2.74 bits per heavy atom. The average Bonchev–Trinajstić information content (AvgIpc) is 3.22. The zero-order valence-corrected chi connectivity index (χ0v) is 12.7. The molecule has 1 heterocycles. The zero-order valence-electron chi connectivity index (χ0n) is 12.7. The third kappa shape index (κ3) is 3.71. The number of furan rings is 1. The van der Waals surface area contributed by atoms with E-state index in [-0.39, 0.29) is 23.7 Å². The summed E-state index contributed by atoms with van der Waals surface area (Å²) in [5.41, 5.74) is 2.48. The summed E-state index contributed by atoms with van der Waals surface area (Å²) >= 11 is 0. The summed E-state index contributed by atoms with van der Waals surface area (Å²) in [6.45, 7) is 0.695. The van der Waals surface area contributed by atoms with Gasteiger partial charge in [0.15, 0.2) is 5.76 Å². The van der Waals surface area contributed by atoms with Gasteiger partial charge in [-0.3, -0.25) is 4.79 Å². The number of fused-ring (bicyclic) bond motifs is 1. The minimum atomic E-state index is -0.290. The van der Waals surface area contributed by atoms with Gasteiger partial charge in [-0.05, 0) is 36.1 Å². The monoisotopic (exact) mass is 313 g/mol. The molecule has 6 heteroatoms. The van der Waals surface area contributed by atoms with Crippen LogP contribution in [-0.2, 0) is 6.42 Å². The van der Waals surface area contributed by atoms with E-state index in [4.69, 9.17) is 4.42 Å². The molecule has 1 atom stereocenters. The first kappa shape index (κ1) is 15.1. The van der Waals surface area contributed by atoms with Crippen molar-refractivity contribution in [2.24, 2.45) is 0 Å². The molecule has 1 aliphatic carbocycles. The molecule has 0 spiro atoms. The second-order valence-electron chi connectivity index (χ2n) is 5.42. The molecule has 0 saturated heterocycles. The van der Waals surface area contributed by atoms with E-state index < -0.39 is 0 Å². The van der Waals surface area contributed by atoms with Crippen molar-refractivity contribution in [1.29, 1.82) is 0 Å². The number of hydrogen-bond acceptors (Lipinski definition) is 3. The second kappa shape index (κ2) is 7.00. The van der Waals surface area contributed by atoms with Gasteiger partial charge < -0.3 is 20.4 Å². The highest BCUT2D eigenvalue weighted by molar-refractivity contribution is 5.91. The van der Waals surface area contributed by atoms with Gasteiger partial charge in [0.1, 0.15) is 0 Å². The van der Waals surface area contributed by atoms with E-state index in [2.05, 4.69) is 28.1 Å². The van der Waals surface area contributed by atoms with Crippen LogP contribution in [0.3, 0.4) is 0 Å². The number of urea groups is 1. The number of nitrogens with one attached hydrogen (secondary N) is 3. The molecule has 3 N–H and O–H groups in total. The average molecular weight is 313 g/mol. The van der Waals surface area contributed by atoms with Gasteiger partial charge in [0.05, 0.1) is 12.3 Å². The van der Waals surface area contributed by atoms with Crippen molar-refractivity contribution in [1.82, 2.24) is 16.0 Å². The topological polar surface area (TPSA) is 83.4 Å². The smallest absolute Gasteiger partial charge is 0.315 e. The number of aryl methyl sites for hydroxylation is 1. The van der Waals surface area contributed by atoms with Crippen molar-refractivity contribution < 1.29 is 14.0 Å². The minimum Gasteiger partial charge on any atom is -0.459 e. The van der Waals surface area contributed by atoms with Crippen molar-refractivity contribution in [2.45, 2.75) is 18.9 Å². The van der Waals surface area contributed by atoms with Crippen LogP contribution in [0.5, 0.6) is 0 Å². The molecular weight excluding hydrogens is 294 g/mol. The first-order chi connectivity index (χ1) is 11.2. The Morgan fingerprint density at radius 2 is 1.91 bits per heavy atom. The highest BCUT2D eigenvalue weighted by atomic mass is 16.3. The lowest BCUT2D eigenvalue weighted by molar-refractivity contribution is 0.0926. The predicted molar refractivity (Wildman–Crippen MR) is 85.1 cm³/mol. The zero-order chi connectivity index (χ0) is 16.1. The Hall–Kier alpha value is -2.76. The molecule has 0 aliphatic heterocycles. The van der Waals surface area contributed by atoms with Crippen molar-refractivity contribution in [3.8, 4) is 0 Å². The van der Waals surface area contributed by atoms with Gasteiger partial charge in [0, 0.05) is 13.1 Å². The summed E-state index contributed by atoms with van der Waals surface area (Å²) in [6.07, 6.45) is 3.35. The molecule has 3 rings (SSSR count). The molecule has 3 amide bonds. The molecule has 6 nitrogen and oxygen atoms in total. The maximum atomic E-state index is 11.9. The molecule has 23 heavy (non-hydrogen) atoms. The fourth-order valence-electron chi connectivity index (χ4n) is 2.76. The summed E-state index contributed by atoms with van der Waals surface area (Å²) in [4.78, 5) is 23.6. The molecule has 1 aromatic heterocycles. The fourth-order valence-corrected chi connectivity index (χ4v) is 2.76. The highest BCUT2D eigenvalue weighted by Crippen LogP contribution is 2.30. The summed E-state index contributed by atoms with van der Waals surface area (Å²) < 4.78 is 4.98. The molecule has 0 fully saturated rings. The Kier molecular flexibility index (Phi) is 4.61. The largest absolute Gasteiger partial charge is 0.459 e. The van der Waals surface area contributed by atoms with Crippen LogP contribution in [-0.4, -0.2) is 25.0 Å². The standard InChI is InChI=1S/C17H19N3O3/c21-16(15-6-3-11-23-15)18-9-10-19-17(22)20-14-8-7-12-4-1-2-5-13(12)14/h1-6,11,14H,7-10H2,(H,18,21)(H2,19,20,22). The van der Waals surface area contributed by atoms with E-state index in [1.54, 1.807) is 12.1 Å². The van der Waals surface area contributed by atoms with Crippen LogP contribution in [0.2, 0.25) is 0 Å². The van der Waals surface area contributed by atoms with Crippen LogP contribution in [0.1, 0.15) is 34.1 Å². The molecule has 120 valence electrons. The maximum absolute atomic E-state index is 11.9. The van der Waals surface area contributed by atoms with Crippen LogP contribution in [0.4, 0.5) is 4.79 Å². The predicted octanol–water partition coefficient (Wildman–Crippen LogP) is 2.00. The minimum absolute atomic E-state index is 0.0592. The van der Waals surface area contributed by atoms with Gasteiger partial charge >= 0.3 is 6.03 Å². The van der Waals surface area contributed by atoms with E-state index in [1.807, 2.05) is 12.1 Å². The lowest BCUT2D eigenvalue weighted by Gasteiger charge is -2.15. The van der Waals surface area contributed by atoms with Crippen molar-refractivity contribution in [3.63, 3.8) is 0 Å². The summed E-state index contributed by atoms with van der Waals surface area (Å²) in [5.74, 6) is -0.0288. The molecule has 0 saturated carbocycles. The van der Waals surface area contributed by atoms with Crippen LogP contribution in [0.15, 0.2) is 47.1 Å². The second-order valence-corrected chi connectivity index (χ2v) is 5.42. The number of hydrogen-bond donors (Lipinski definition) is 3. The third-order valence-corrected chi connectivity index (χ3v) is 3.88. The Bertz CT molecular complexity index is 682. The lowest BCUT2D eigenvalue weighted by Crippen LogP contribution is -2.41. The lowest BCUT2D eigenvalue weighted by atomic mass is 10.1. The SMILES string of the molecule is O=C(NCCNC(=O)c1ccco1)NC1CCc2ccccc21. The number of carbonyl (C=O) groups is 2. The quantitative estimate of drug-likeness (QED) is 0.738. The first-order valence-electron chi connectivity index (χ1n) is 7.68. The maximum Gasteiger partial charge on any atom is 0.315 e. The number of rotatable bonds is 5. The summed E-state index contributed by atoms with van der Waals surface area (Å²) in [5, 5.41) is 8.39. The third-order valence-electron chi connectivity index (χ3n) is 3.88. The van der Waals surface area contributed by atoms with Gasteiger partial charge in [0.2, 0.25) is 0 Å². The molecular formula is C17H19N3O3. The van der Waals surface area contributed by atoms with Crippen molar-refractivity contribution in [3.05, 3.63) is 59.5 Å². The summed E-state index contributed by atoms with van der Waals surface area (Å²) in [6, 6.07) is 11.2. The molecule has 1 aromatic carbocycles. The van der Waals surface area contributed by atoms with Crippen LogP contribution < -0.4 is 16.0 Å². The van der Waals surface area contributed by atoms with Crippen LogP contribution in [0.25, 0.3) is 0 Å². The molecule has 1 unspecified atom stereocenters. The van der Waals surface area contributed by atoms with E-state index in [1.165, 1.54) is 17.4 Å². The van der Waals surface area contributed by atoms with Gasteiger partial charge in [-0.1, -0.05) is 24.3 Å². The number of carbonyl (C=O) groups excluding carboxylic acids is 2. The first-order valence-corrected chi connectivity index (χ1v) is 7.68. The number of benzene rings is 1. The van der Waals surface area contributed by atoms with Crippen molar-refractivity contribution >= 4 is 11.9 Å². The molecule has 2 aromatic rings. The van der Waals surface area contributed by atoms with Crippen LogP contribution in [0, 0.1) is 0 Å². The van der Waals surface area contributed by atoms with E-state index in [0.717, 1.165) is 12.8 Å². The highest BCUT2D eigenvalue weighted by Gasteiger charge is 2.23. The van der Waals surface area contributed by atoms with Crippen molar-refractivity contribution in [2.75, 3.05) is 13.1 Å².